The van der Waals surface area contributed by atoms with Crippen molar-refractivity contribution in [2.45, 2.75) is 32.7 Å². The van der Waals surface area contributed by atoms with Gasteiger partial charge in [0.05, 0.1) is 0 Å². The van der Waals surface area contributed by atoms with E-state index < -0.39 is 0 Å². The van der Waals surface area contributed by atoms with Gasteiger partial charge in [-0.05, 0) is 37.1 Å². The van der Waals surface area contributed by atoms with Crippen LogP contribution >= 0.6 is 15.9 Å². The van der Waals surface area contributed by atoms with E-state index in [-0.39, 0.29) is 12.1 Å². The van der Waals surface area contributed by atoms with E-state index in [4.69, 9.17) is 0 Å². The lowest BCUT2D eigenvalue weighted by Gasteiger charge is -2.15. The van der Waals surface area contributed by atoms with E-state index in [1.807, 2.05) is 24.3 Å². The fraction of sp³-hybridized carbons (Fsp3) is 0.417. The lowest BCUT2D eigenvalue weighted by Crippen LogP contribution is -2.37. The fourth-order valence-corrected chi connectivity index (χ4v) is 1.64. The highest BCUT2D eigenvalue weighted by atomic mass is 79.9. The van der Waals surface area contributed by atoms with Gasteiger partial charge in [-0.2, -0.15) is 0 Å². The molecule has 0 atom stereocenters. The topological polar surface area (TPSA) is 41.1 Å². The molecule has 0 heterocycles. The summed E-state index contributed by atoms with van der Waals surface area (Å²) >= 11 is 3.35. The maximum Gasteiger partial charge on any atom is 0.319 e. The van der Waals surface area contributed by atoms with Crippen molar-refractivity contribution < 1.29 is 4.79 Å². The second kappa shape index (κ2) is 6.53. The molecule has 0 aliphatic carbocycles. The molecule has 0 bridgehead atoms. The molecule has 0 unspecified atom stereocenters. The van der Waals surface area contributed by atoms with E-state index in [2.05, 4.69) is 40.4 Å². The molecule has 1 rings (SSSR count). The molecular weight excluding hydrogens is 268 g/mol. The van der Waals surface area contributed by atoms with Crippen molar-refractivity contribution in [1.29, 1.82) is 0 Å². The van der Waals surface area contributed by atoms with Gasteiger partial charge >= 0.3 is 6.03 Å². The molecule has 2 N–H and O–H groups in total. The summed E-state index contributed by atoms with van der Waals surface area (Å²) in [4.78, 5) is 11.6. The number of hydrogen-bond donors (Lipinski definition) is 2. The summed E-state index contributed by atoms with van der Waals surface area (Å²) in [5.41, 5.74) is 0.798. The Bertz CT molecular complexity index is 333. The summed E-state index contributed by atoms with van der Waals surface area (Å²) in [6.45, 7) is 4.13. The number of halogens is 1. The number of nitrogens with one attached hydrogen (secondary N) is 2. The van der Waals surface area contributed by atoms with Gasteiger partial charge in [-0.1, -0.05) is 29.8 Å². The number of carbonyl (C=O) groups is 1. The number of urea groups is 1. The van der Waals surface area contributed by atoms with Gasteiger partial charge in [-0.15, -0.1) is 0 Å². The van der Waals surface area contributed by atoms with Crippen molar-refractivity contribution in [1.82, 2.24) is 5.32 Å². The van der Waals surface area contributed by atoms with Crippen LogP contribution in [0.1, 0.15) is 26.7 Å². The van der Waals surface area contributed by atoms with Gasteiger partial charge in [-0.25, -0.2) is 4.79 Å². The van der Waals surface area contributed by atoms with Crippen molar-refractivity contribution in [2.75, 3.05) is 5.32 Å². The average Bonchev–Trinajstić information content (AvgIpc) is 2.29. The molecule has 0 spiro atoms. The molecule has 1 aromatic carbocycles. The van der Waals surface area contributed by atoms with Crippen LogP contribution in [0.4, 0.5) is 10.5 Å². The Morgan fingerprint density at radius 2 is 1.81 bits per heavy atom. The molecule has 0 radical (unpaired) electrons. The summed E-state index contributed by atoms with van der Waals surface area (Å²) < 4.78 is 0.999. The molecule has 2 amide bonds. The minimum absolute atomic E-state index is 0.143. The van der Waals surface area contributed by atoms with Gasteiger partial charge in [0, 0.05) is 16.2 Å². The first kappa shape index (κ1) is 13.0. The summed E-state index contributed by atoms with van der Waals surface area (Å²) in [5, 5.41) is 5.72. The van der Waals surface area contributed by atoms with Crippen LogP contribution in [0.15, 0.2) is 28.7 Å². The van der Waals surface area contributed by atoms with E-state index in [9.17, 15) is 4.79 Å². The van der Waals surface area contributed by atoms with Crippen molar-refractivity contribution in [3.8, 4) is 0 Å². The first-order chi connectivity index (χ1) is 7.65. The van der Waals surface area contributed by atoms with Crippen LogP contribution in [-0.4, -0.2) is 12.1 Å². The average molecular weight is 285 g/mol. The maximum absolute atomic E-state index is 11.6. The SMILES string of the molecule is CCC(CC)NC(=O)Nc1ccc(Br)cc1. The van der Waals surface area contributed by atoms with Crippen LogP contribution in [0.25, 0.3) is 0 Å². The predicted molar refractivity (Wildman–Crippen MR) is 70.7 cm³/mol. The van der Waals surface area contributed by atoms with Gasteiger partial charge in [-0.3, -0.25) is 0 Å². The van der Waals surface area contributed by atoms with Gasteiger partial charge in [0.25, 0.3) is 0 Å². The van der Waals surface area contributed by atoms with Gasteiger partial charge < -0.3 is 10.6 Å². The highest BCUT2D eigenvalue weighted by Crippen LogP contribution is 2.13. The molecule has 88 valence electrons. The van der Waals surface area contributed by atoms with Crippen LogP contribution in [0.5, 0.6) is 0 Å². The molecule has 0 saturated heterocycles. The first-order valence-electron chi connectivity index (χ1n) is 5.48. The number of hydrogen-bond acceptors (Lipinski definition) is 1. The number of amides is 2. The normalized spacial score (nSPS) is 10.2. The molecule has 4 heteroatoms. The minimum atomic E-state index is -0.143. The second-order valence-electron chi connectivity index (χ2n) is 3.62. The molecule has 0 saturated carbocycles. The molecule has 0 aliphatic rings. The summed E-state index contributed by atoms with van der Waals surface area (Å²) in [6, 6.07) is 7.61. The summed E-state index contributed by atoms with van der Waals surface area (Å²) in [7, 11) is 0. The Balaban J connectivity index is 2.48. The largest absolute Gasteiger partial charge is 0.335 e. The quantitative estimate of drug-likeness (QED) is 0.869. The molecule has 1 aromatic rings. The standard InChI is InChI=1S/C12H17BrN2O/c1-3-10(4-2)14-12(16)15-11-7-5-9(13)6-8-11/h5-8,10H,3-4H2,1-2H3,(H2,14,15,16). The van der Waals surface area contributed by atoms with Crippen LogP contribution in [-0.2, 0) is 0 Å². The van der Waals surface area contributed by atoms with E-state index in [1.165, 1.54) is 0 Å². The molecular formula is C12H17BrN2O. The van der Waals surface area contributed by atoms with E-state index in [1.54, 1.807) is 0 Å². The number of benzene rings is 1. The smallest absolute Gasteiger partial charge is 0.319 e. The van der Waals surface area contributed by atoms with Gasteiger partial charge in [0.2, 0.25) is 0 Å². The zero-order valence-electron chi connectivity index (χ0n) is 9.59. The lowest BCUT2D eigenvalue weighted by atomic mass is 10.2. The van der Waals surface area contributed by atoms with Crippen molar-refractivity contribution in [3.05, 3.63) is 28.7 Å². The van der Waals surface area contributed by atoms with Crippen molar-refractivity contribution >= 4 is 27.6 Å². The summed E-state index contributed by atoms with van der Waals surface area (Å²) in [6.07, 6.45) is 1.90. The number of carbonyl (C=O) groups excluding carboxylic acids is 1. The fourth-order valence-electron chi connectivity index (χ4n) is 1.38. The molecule has 0 fully saturated rings. The Kier molecular flexibility index (Phi) is 5.32. The third-order valence-electron chi connectivity index (χ3n) is 2.42. The Morgan fingerprint density at radius 3 is 2.31 bits per heavy atom. The first-order valence-corrected chi connectivity index (χ1v) is 6.28. The van der Waals surface area contributed by atoms with Crippen molar-refractivity contribution in [2.24, 2.45) is 0 Å². The van der Waals surface area contributed by atoms with E-state index >= 15 is 0 Å². The molecule has 3 nitrogen and oxygen atoms in total. The predicted octanol–water partition coefficient (Wildman–Crippen LogP) is 3.76. The van der Waals surface area contributed by atoms with Crippen LogP contribution in [0.2, 0.25) is 0 Å². The van der Waals surface area contributed by atoms with E-state index in [0.717, 1.165) is 23.0 Å². The maximum atomic E-state index is 11.6. The Morgan fingerprint density at radius 1 is 1.25 bits per heavy atom. The molecule has 0 aromatic heterocycles. The Labute approximate surface area is 105 Å². The molecule has 16 heavy (non-hydrogen) atoms. The van der Waals surface area contributed by atoms with Gasteiger partial charge in [0.15, 0.2) is 0 Å². The third kappa shape index (κ3) is 4.23. The van der Waals surface area contributed by atoms with Crippen molar-refractivity contribution in [3.63, 3.8) is 0 Å². The highest BCUT2D eigenvalue weighted by Gasteiger charge is 2.07. The monoisotopic (exact) mass is 284 g/mol. The van der Waals surface area contributed by atoms with E-state index in [0.29, 0.717) is 0 Å². The summed E-state index contributed by atoms with van der Waals surface area (Å²) in [5.74, 6) is 0. The Hall–Kier alpha value is -1.03. The zero-order valence-corrected chi connectivity index (χ0v) is 11.2. The van der Waals surface area contributed by atoms with Crippen LogP contribution in [0.3, 0.4) is 0 Å². The van der Waals surface area contributed by atoms with Crippen LogP contribution < -0.4 is 10.6 Å². The number of rotatable bonds is 4. The van der Waals surface area contributed by atoms with Crippen LogP contribution in [0, 0.1) is 0 Å². The zero-order chi connectivity index (χ0) is 12.0. The molecule has 0 aliphatic heterocycles. The lowest BCUT2D eigenvalue weighted by molar-refractivity contribution is 0.247. The number of anilines is 1. The minimum Gasteiger partial charge on any atom is -0.335 e. The highest BCUT2D eigenvalue weighted by molar-refractivity contribution is 9.10. The third-order valence-corrected chi connectivity index (χ3v) is 2.95. The van der Waals surface area contributed by atoms with Gasteiger partial charge in [0.1, 0.15) is 0 Å². The second-order valence-corrected chi connectivity index (χ2v) is 4.53.